The highest BCUT2D eigenvalue weighted by Gasteiger charge is 2.45. The lowest BCUT2D eigenvalue weighted by molar-refractivity contribution is 0.281. The van der Waals surface area contributed by atoms with E-state index >= 15 is 0 Å². The van der Waals surface area contributed by atoms with E-state index < -0.39 is 0 Å². The van der Waals surface area contributed by atoms with Crippen LogP contribution in [0.2, 0.25) is 0 Å². The molecule has 74 valence electrons. The number of piperidine rings is 1. The van der Waals surface area contributed by atoms with Crippen LogP contribution >= 0.6 is 0 Å². The second-order valence-electron chi connectivity index (χ2n) is 4.32. The summed E-state index contributed by atoms with van der Waals surface area (Å²) < 4.78 is 0. The molecule has 2 atom stereocenters. The highest BCUT2D eigenvalue weighted by molar-refractivity contribution is 5.53. The van der Waals surface area contributed by atoms with Crippen molar-refractivity contribution in [1.29, 1.82) is 0 Å². The Morgan fingerprint density at radius 1 is 1.43 bits per heavy atom. The van der Waals surface area contributed by atoms with Gasteiger partial charge in [-0.25, -0.2) is 0 Å². The van der Waals surface area contributed by atoms with Crippen LogP contribution < -0.4 is 4.90 Å². The number of aliphatic hydroxyl groups excluding tert-OH is 1. The third-order valence-electron chi connectivity index (χ3n) is 3.37. The van der Waals surface area contributed by atoms with Gasteiger partial charge in [-0.2, -0.15) is 0 Å². The molecule has 1 aromatic rings. The third-order valence-corrected chi connectivity index (χ3v) is 3.37. The second-order valence-corrected chi connectivity index (χ2v) is 4.32. The fourth-order valence-electron chi connectivity index (χ4n) is 2.45. The van der Waals surface area contributed by atoms with E-state index in [0.717, 1.165) is 17.4 Å². The fraction of sp³-hybridized carbons (Fsp3) is 0.545. The second kappa shape index (κ2) is 2.95. The number of aromatic nitrogens is 1. The fourth-order valence-corrected chi connectivity index (χ4v) is 2.45. The first-order valence-corrected chi connectivity index (χ1v) is 5.17. The van der Waals surface area contributed by atoms with Crippen molar-refractivity contribution in [2.45, 2.75) is 13.0 Å². The summed E-state index contributed by atoms with van der Waals surface area (Å²) in [5, 5.41) is 9.19. The highest BCUT2D eigenvalue weighted by atomic mass is 16.3. The van der Waals surface area contributed by atoms with Crippen LogP contribution in [0.1, 0.15) is 12.0 Å². The molecule has 2 fully saturated rings. The monoisotopic (exact) mass is 190 g/mol. The van der Waals surface area contributed by atoms with Gasteiger partial charge in [0.1, 0.15) is 0 Å². The average molecular weight is 190 g/mol. The van der Waals surface area contributed by atoms with Crippen molar-refractivity contribution in [2.75, 3.05) is 18.0 Å². The average Bonchev–Trinajstić information content (AvgIpc) is 2.86. The standard InChI is InChI=1S/C11H14N2O/c14-7-10-4-12-2-1-11(10)13-5-8-3-9(8)6-13/h1-2,4,8-9,14H,3,5-7H2. The molecule has 1 saturated carbocycles. The Hall–Kier alpha value is -1.09. The summed E-state index contributed by atoms with van der Waals surface area (Å²) in [5.41, 5.74) is 2.13. The Morgan fingerprint density at radius 3 is 2.93 bits per heavy atom. The molecule has 2 heterocycles. The van der Waals surface area contributed by atoms with E-state index in [4.69, 9.17) is 0 Å². The maximum Gasteiger partial charge on any atom is 0.0717 e. The lowest BCUT2D eigenvalue weighted by Crippen LogP contribution is -2.23. The van der Waals surface area contributed by atoms with Gasteiger partial charge in [0, 0.05) is 36.7 Å². The largest absolute Gasteiger partial charge is 0.392 e. The van der Waals surface area contributed by atoms with E-state index in [1.807, 2.05) is 6.07 Å². The van der Waals surface area contributed by atoms with Crippen LogP contribution in [-0.2, 0) is 6.61 Å². The van der Waals surface area contributed by atoms with Gasteiger partial charge in [0.2, 0.25) is 0 Å². The number of aliphatic hydroxyl groups is 1. The van der Waals surface area contributed by atoms with E-state index in [0.29, 0.717) is 0 Å². The molecule has 3 nitrogen and oxygen atoms in total. The third kappa shape index (κ3) is 1.20. The van der Waals surface area contributed by atoms with Crippen LogP contribution in [0.5, 0.6) is 0 Å². The van der Waals surface area contributed by atoms with E-state index in [2.05, 4.69) is 9.88 Å². The molecular weight excluding hydrogens is 176 g/mol. The maximum atomic E-state index is 9.19. The molecule has 1 saturated heterocycles. The van der Waals surface area contributed by atoms with Crippen molar-refractivity contribution in [3.05, 3.63) is 24.0 Å². The van der Waals surface area contributed by atoms with E-state index in [1.165, 1.54) is 25.2 Å². The van der Waals surface area contributed by atoms with Crippen molar-refractivity contribution in [1.82, 2.24) is 4.98 Å². The minimum Gasteiger partial charge on any atom is -0.392 e. The maximum absolute atomic E-state index is 9.19. The molecule has 1 N–H and O–H groups in total. The zero-order valence-corrected chi connectivity index (χ0v) is 8.06. The molecule has 0 spiro atoms. The Labute approximate surface area is 83.4 Å². The molecule has 0 amide bonds. The van der Waals surface area contributed by atoms with Crippen molar-refractivity contribution in [2.24, 2.45) is 11.8 Å². The van der Waals surface area contributed by atoms with E-state index in [9.17, 15) is 5.11 Å². The van der Waals surface area contributed by atoms with Crippen LogP contribution in [0.4, 0.5) is 5.69 Å². The Balaban J connectivity index is 1.87. The molecule has 14 heavy (non-hydrogen) atoms. The Kier molecular flexibility index (Phi) is 1.74. The van der Waals surface area contributed by atoms with Gasteiger partial charge < -0.3 is 10.0 Å². The van der Waals surface area contributed by atoms with Crippen molar-refractivity contribution in [3.8, 4) is 0 Å². The van der Waals surface area contributed by atoms with Gasteiger partial charge >= 0.3 is 0 Å². The molecule has 0 radical (unpaired) electrons. The van der Waals surface area contributed by atoms with Crippen molar-refractivity contribution < 1.29 is 5.11 Å². The van der Waals surface area contributed by atoms with Crippen LogP contribution in [0.15, 0.2) is 18.5 Å². The molecule has 1 aliphatic carbocycles. The summed E-state index contributed by atoms with van der Waals surface area (Å²) in [5.74, 6) is 1.85. The summed E-state index contributed by atoms with van der Waals surface area (Å²) >= 11 is 0. The van der Waals surface area contributed by atoms with Gasteiger partial charge in [-0.05, 0) is 24.3 Å². The predicted molar refractivity (Wildman–Crippen MR) is 54.0 cm³/mol. The lowest BCUT2D eigenvalue weighted by Gasteiger charge is -2.22. The Morgan fingerprint density at radius 2 is 2.21 bits per heavy atom. The molecule has 2 aliphatic rings. The van der Waals surface area contributed by atoms with Gasteiger partial charge in [0.15, 0.2) is 0 Å². The minimum absolute atomic E-state index is 0.0923. The molecule has 1 aromatic heterocycles. The van der Waals surface area contributed by atoms with Gasteiger partial charge in [0.05, 0.1) is 6.61 Å². The number of anilines is 1. The topological polar surface area (TPSA) is 36.4 Å². The summed E-state index contributed by atoms with van der Waals surface area (Å²) in [6, 6.07) is 2.01. The van der Waals surface area contributed by atoms with E-state index in [-0.39, 0.29) is 6.61 Å². The van der Waals surface area contributed by atoms with Crippen LogP contribution in [0, 0.1) is 11.8 Å². The molecule has 3 rings (SSSR count). The quantitative estimate of drug-likeness (QED) is 0.756. The van der Waals surface area contributed by atoms with Crippen LogP contribution in [0.3, 0.4) is 0 Å². The zero-order valence-electron chi connectivity index (χ0n) is 8.06. The van der Waals surface area contributed by atoms with Gasteiger partial charge in [0.25, 0.3) is 0 Å². The summed E-state index contributed by atoms with van der Waals surface area (Å²) in [4.78, 5) is 6.41. The first-order valence-electron chi connectivity index (χ1n) is 5.17. The molecule has 3 heteroatoms. The smallest absolute Gasteiger partial charge is 0.0717 e. The molecule has 2 unspecified atom stereocenters. The van der Waals surface area contributed by atoms with E-state index in [1.54, 1.807) is 12.4 Å². The SMILES string of the molecule is OCc1cnccc1N1CC2CC2C1. The van der Waals surface area contributed by atoms with Gasteiger partial charge in [-0.1, -0.05) is 0 Å². The predicted octanol–water partition coefficient (Wildman–Crippen LogP) is 1.03. The van der Waals surface area contributed by atoms with Crippen molar-refractivity contribution in [3.63, 3.8) is 0 Å². The highest BCUT2D eigenvalue weighted by Crippen LogP contribution is 2.46. The first kappa shape index (κ1) is 8.24. The van der Waals surface area contributed by atoms with Crippen molar-refractivity contribution >= 4 is 5.69 Å². The number of hydrogen-bond acceptors (Lipinski definition) is 3. The Bertz CT molecular complexity index is 343. The van der Waals surface area contributed by atoms with Crippen LogP contribution in [0.25, 0.3) is 0 Å². The van der Waals surface area contributed by atoms with Crippen LogP contribution in [-0.4, -0.2) is 23.2 Å². The number of hydrogen-bond donors (Lipinski definition) is 1. The molecule has 0 aromatic carbocycles. The number of rotatable bonds is 2. The first-order chi connectivity index (χ1) is 6.88. The van der Waals surface area contributed by atoms with Gasteiger partial charge in [-0.3, -0.25) is 4.98 Å². The molecule has 1 aliphatic heterocycles. The minimum atomic E-state index is 0.0923. The summed E-state index contributed by atoms with van der Waals surface area (Å²) in [7, 11) is 0. The van der Waals surface area contributed by atoms with Gasteiger partial charge in [-0.15, -0.1) is 0 Å². The molecular formula is C11H14N2O. The number of fused-ring (bicyclic) bond motifs is 1. The number of nitrogens with zero attached hydrogens (tertiary/aromatic N) is 2. The summed E-state index contributed by atoms with van der Waals surface area (Å²) in [6.07, 6.45) is 4.98. The zero-order chi connectivity index (χ0) is 9.54. The number of pyridine rings is 1. The normalized spacial score (nSPS) is 29.1. The lowest BCUT2D eigenvalue weighted by atomic mass is 10.2. The molecule has 0 bridgehead atoms. The summed E-state index contributed by atoms with van der Waals surface area (Å²) in [6.45, 7) is 2.43.